The van der Waals surface area contributed by atoms with Crippen molar-refractivity contribution in [1.82, 2.24) is 0 Å². The molecule has 4 aromatic rings. The minimum Gasteiger partial charge on any atom is -0.389 e. The van der Waals surface area contributed by atoms with Crippen molar-refractivity contribution in [2.24, 2.45) is 0 Å². The molecule has 1 aliphatic rings. The van der Waals surface area contributed by atoms with Crippen molar-refractivity contribution >= 4 is 0 Å². The average Bonchev–Trinajstić information content (AvgIpc) is 3.07. The molecule has 0 radical (unpaired) electrons. The van der Waals surface area contributed by atoms with Gasteiger partial charge in [-0.15, -0.1) is 0 Å². The molecule has 9 heteroatoms. The number of ether oxygens (including phenoxy) is 5. The summed E-state index contributed by atoms with van der Waals surface area (Å²) in [7, 11) is 0. The predicted octanol–water partition coefficient (Wildman–Crippen LogP) is 5.32. The summed E-state index contributed by atoms with van der Waals surface area (Å²) in [6, 6.07) is 37.8. The maximum atomic E-state index is 13.0. The van der Waals surface area contributed by atoms with Crippen LogP contribution >= 0.6 is 0 Å². The quantitative estimate of drug-likeness (QED) is 0.144. The van der Waals surface area contributed by atoms with E-state index in [2.05, 4.69) is 0 Å². The summed E-state index contributed by atoms with van der Waals surface area (Å²) in [5.41, 5.74) is 1.26. The molecule has 230 valence electrons. The van der Waals surface area contributed by atoms with Gasteiger partial charge in [0.05, 0.1) is 33.0 Å². The van der Waals surface area contributed by atoms with Crippen molar-refractivity contribution in [3.05, 3.63) is 154 Å². The molecule has 0 aliphatic carbocycles. The summed E-state index contributed by atoms with van der Waals surface area (Å²) >= 11 is 0. The molecule has 0 bridgehead atoms. The van der Waals surface area contributed by atoms with Gasteiger partial charge in [-0.25, -0.2) is 0 Å². The lowest BCUT2D eigenvalue weighted by Gasteiger charge is -2.47. The molecule has 1 N–H and O–H groups in total. The van der Waals surface area contributed by atoms with E-state index in [0.29, 0.717) is 6.61 Å². The van der Waals surface area contributed by atoms with Crippen LogP contribution in [-0.4, -0.2) is 53.4 Å². The molecule has 0 aromatic heterocycles. The second kappa shape index (κ2) is 15.7. The van der Waals surface area contributed by atoms with Gasteiger partial charge in [0.15, 0.2) is 6.10 Å². The lowest BCUT2D eigenvalue weighted by atomic mass is 9.83. The van der Waals surface area contributed by atoms with Crippen molar-refractivity contribution in [2.75, 3.05) is 13.2 Å². The first-order valence-electron chi connectivity index (χ1n) is 14.6. The van der Waals surface area contributed by atoms with Crippen molar-refractivity contribution in [3.8, 4) is 0 Å². The molecule has 0 spiro atoms. The van der Waals surface area contributed by atoms with Crippen LogP contribution in [0.4, 0.5) is 0 Å². The molecule has 1 fully saturated rings. The highest BCUT2D eigenvalue weighted by Crippen LogP contribution is 2.38. The summed E-state index contributed by atoms with van der Waals surface area (Å²) in [6.07, 6.45) is -4.52. The van der Waals surface area contributed by atoms with Gasteiger partial charge in [0.2, 0.25) is 6.29 Å². The Hall–Kier alpha value is -3.96. The molecule has 5 atom stereocenters. The van der Waals surface area contributed by atoms with Gasteiger partial charge in [0.25, 0.3) is 0 Å². The van der Waals surface area contributed by atoms with Crippen molar-refractivity contribution in [1.29, 1.82) is 0 Å². The van der Waals surface area contributed by atoms with Crippen LogP contribution in [0, 0.1) is 10.1 Å². The summed E-state index contributed by atoms with van der Waals surface area (Å²) in [5, 5.41) is 23.8. The zero-order chi connectivity index (χ0) is 30.6. The van der Waals surface area contributed by atoms with Gasteiger partial charge in [-0.3, -0.25) is 10.1 Å². The smallest absolute Gasteiger partial charge is 0.322 e. The summed E-state index contributed by atoms with van der Waals surface area (Å²) in [4.78, 5) is 12.4. The third-order valence-corrected chi connectivity index (χ3v) is 7.65. The van der Waals surface area contributed by atoms with E-state index in [9.17, 15) is 15.2 Å². The first-order valence-corrected chi connectivity index (χ1v) is 14.6. The van der Waals surface area contributed by atoms with Gasteiger partial charge in [0.1, 0.15) is 18.8 Å². The van der Waals surface area contributed by atoms with Gasteiger partial charge in [0, 0.05) is 4.92 Å². The molecule has 0 saturated carbocycles. The second-order valence-corrected chi connectivity index (χ2v) is 10.7. The topological polar surface area (TPSA) is 110 Å². The molecular formula is C35H37NO8. The van der Waals surface area contributed by atoms with Crippen molar-refractivity contribution in [3.63, 3.8) is 0 Å². The third-order valence-electron chi connectivity index (χ3n) is 7.65. The number of hydrogen-bond acceptors (Lipinski definition) is 8. The molecular weight excluding hydrogens is 562 g/mol. The molecule has 1 aliphatic heterocycles. The fraction of sp³-hybridized carbons (Fsp3) is 0.314. The van der Waals surface area contributed by atoms with E-state index in [1.807, 2.05) is 121 Å². The molecule has 9 nitrogen and oxygen atoms in total. The molecule has 5 rings (SSSR count). The van der Waals surface area contributed by atoms with Crippen LogP contribution in [0.2, 0.25) is 0 Å². The summed E-state index contributed by atoms with van der Waals surface area (Å²) in [6.45, 7) is -0.331. The number of hydrogen-bond donors (Lipinski definition) is 1. The number of benzene rings is 4. The molecule has 4 aromatic carbocycles. The van der Waals surface area contributed by atoms with Crippen molar-refractivity contribution < 1.29 is 33.7 Å². The Kier molecular flexibility index (Phi) is 11.2. The largest absolute Gasteiger partial charge is 0.389 e. The van der Waals surface area contributed by atoms with E-state index in [1.54, 1.807) is 0 Å². The maximum absolute atomic E-state index is 13.0. The molecule has 2 unspecified atom stereocenters. The monoisotopic (exact) mass is 599 g/mol. The van der Waals surface area contributed by atoms with Crippen LogP contribution < -0.4 is 0 Å². The molecule has 1 heterocycles. The first-order chi connectivity index (χ1) is 21.6. The van der Waals surface area contributed by atoms with E-state index < -0.39 is 41.7 Å². The number of aliphatic hydroxyl groups excluding tert-OH is 1. The summed E-state index contributed by atoms with van der Waals surface area (Å²) < 4.78 is 31.3. The SMILES string of the molecule is O=[N+]([O-])C1(CO)C(OCc2ccccc2)O[C@H](COCc2ccccc2)[C@@H](OCc2ccccc2)[C@@H]1OCc1ccccc1. The van der Waals surface area contributed by atoms with Crippen LogP contribution in [0.3, 0.4) is 0 Å². The van der Waals surface area contributed by atoms with Crippen LogP contribution in [0.15, 0.2) is 121 Å². The van der Waals surface area contributed by atoms with Crippen LogP contribution in [0.5, 0.6) is 0 Å². The van der Waals surface area contributed by atoms with E-state index in [1.165, 1.54) is 0 Å². The van der Waals surface area contributed by atoms with Gasteiger partial charge in [-0.2, -0.15) is 0 Å². The highest BCUT2D eigenvalue weighted by molar-refractivity contribution is 5.17. The van der Waals surface area contributed by atoms with Gasteiger partial charge in [-0.1, -0.05) is 121 Å². The van der Waals surface area contributed by atoms with Crippen LogP contribution in [0.25, 0.3) is 0 Å². The lowest BCUT2D eigenvalue weighted by molar-refractivity contribution is -0.629. The number of nitro groups is 1. The number of rotatable bonds is 15. The standard InChI is InChI=1S/C35H37NO8/c37-26-35(36(38)39)33(42-23-29-17-9-3-10-18-29)32(41-22-28-15-7-2-8-16-28)31(25-40-21-27-13-5-1-6-14-27)44-34(35)43-24-30-19-11-4-12-20-30/h1-20,31-34,37H,21-26H2/t31-,32-,33+,34?,35?/m1/s1. The third kappa shape index (κ3) is 7.75. The number of aliphatic hydroxyl groups is 1. The molecule has 1 saturated heterocycles. The van der Waals surface area contributed by atoms with E-state index in [0.717, 1.165) is 22.3 Å². The Balaban J connectivity index is 1.48. The Bertz CT molecular complexity index is 1410. The Labute approximate surface area is 257 Å². The minimum absolute atomic E-state index is 0.0274. The fourth-order valence-electron chi connectivity index (χ4n) is 5.27. The van der Waals surface area contributed by atoms with Crippen LogP contribution in [0.1, 0.15) is 22.3 Å². The highest BCUT2D eigenvalue weighted by Gasteiger charge is 2.67. The second-order valence-electron chi connectivity index (χ2n) is 10.7. The summed E-state index contributed by atoms with van der Waals surface area (Å²) in [5.74, 6) is 0. The van der Waals surface area contributed by atoms with Gasteiger partial charge >= 0.3 is 5.54 Å². The molecule has 44 heavy (non-hydrogen) atoms. The zero-order valence-electron chi connectivity index (χ0n) is 24.4. The predicted molar refractivity (Wildman–Crippen MR) is 163 cm³/mol. The normalized spacial score (nSPS) is 23.3. The minimum atomic E-state index is -2.19. The first kappa shape index (κ1) is 31.5. The van der Waals surface area contributed by atoms with Crippen molar-refractivity contribution in [2.45, 2.75) is 56.6 Å². The Morgan fingerprint density at radius 1 is 0.659 bits per heavy atom. The maximum Gasteiger partial charge on any atom is 0.322 e. The Morgan fingerprint density at radius 2 is 1.09 bits per heavy atom. The average molecular weight is 600 g/mol. The fourth-order valence-corrected chi connectivity index (χ4v) is 5.27. The molecule has 0 amide bonds. The van der Waals surface area contributed by atoms with Crippen LogP contribution in [-0.2, 0) is 50.1 Å². The van der Waals surface area contributed by atoms with Gasteiger partial charge < -0.3 is 28.8 Å². The van der Waals surface area contributed by atoms with E-state index in [-0.39, 0.29) is 26.4 Å². The highest BCUT2D eigenvalue weighted by atomic mass is 16.7. The Morgan fingerprint density at radius 3 is 1.55 bits per heavy atom. The van der Waals surface area contributed by atoms with E-state index >= 15 is 0 Å². The van der Waals surface area contributed by atoms with Gasteiger partial charge in [-0.05, 0) is 22.3 Å². The zero-order valence-corrected chi connectivity index (χ0v) is 24.4. The number of nitrogens with zero attached hydrogens (tertiary/aromatic N) is 1. The van der Waals surface area contributed by atoms with E-state index in [4.69, 9.17) is 23.7 Å². The lowest BCUT2D eigenvalue weighted by Crippen LogP contribution is -2.73.